The molecule has 4 heteroatoms. The average molecular weight is 276 g/mol. The molecule has 1 unspecified atom stereocenters. The first-order valence-corrected chi connectivity index (χ1v) is 7.27. The van der Waals surface area contributed by atoms with Crippen LogP contribution >= 0.6 is 0 Å². The first-order chi connectivity index (χ1) is 9.72. The van der Waals surface area contributed by atoms with Gasteiger partial charge in [-0.05, 0) is 18.4 Å². The van der Waals surface area contributed by atoms with Crippen LogP contribution in [0.1, 0.15) is 51.0 Å². The SMILES string of the molecule is CCCCCC(O)CCC(=O)N/N=C/c1ccccc1. The Bertz CT molecular complexity index is 404. The van der Waals surface area contributed by atoms with Crippen LogP contribution in [-0.4, -0.2) is 23.3 Å². The molecule has 0 aliphatic rings. The molecular weight excluding hydrogens is 252 g/mol. The standard InChI is InChI=1S/C16H24N2O2/c1-2-3-5-10-15(19)11-12-16(20)18-17-13-14-8-6-4-7-9-14/h4,6-9,13,15,19H,2-3,5,10-12H2,1H3,(H,18,20)/b17-13+. The van der Waals surface area contributed by atoms with Crippen molar-refractivity contribution in [3.63, 3.8) is 0 Å². The van der Waals surface area contributed by atoms with Gasteiger partial charge in [0.05, 0.1) is 12.3 Å². The van der Waals surface area contributed by atoms with Gasteiger partial charge in [-0.3, -0.25) is 4.79 Å². The molecule has 1 aromatic carbocycles. The highest BCUT2D eigenvalue weighted by atomic mass is 16.3. The van der Waals surface area contributed by atoms with E-state index in [4.69, 9.17) is 0 Å². The lowest BCUT2D eigenvalue weighted by molar-refractivity contribution is -0.121. The molecule has 0 heterocycles. The van der Waals surface area contributed by atoms with Crippen molar-refractivity contribution in [1.29, 1.82) is 0 Å². The number of carbonyl (C=O) groups excluding carboxylic acids is 1. The summed E-state index contributed by atoms with van der Waals surface area (Å²) in [7, 11) is 0. The molecule has 1 atom stereocenters. The van der Waals surface area contributed by atoms with E-state index in [1.165, 1.54) is 0 Å². The molecule has 0 radical (unpaired) electrons. The fraction of sp³-hybridized carbons (Fsp3) is 0.500. The third-order valence-corrected chi connectivity index (χ3v) is 3.05. The maximum Gasteiger partial charge on any atom is 0.240 e. The molecule has 1 rings (SSSR count). The number of hydrogen-bond acceptors (Lipinski definition) is 3. The van der Waals surface area contributed by atoms with Gasteiger partial charge in [-0.15, -0.1) is 0 Å². The van der Waals surface area contributed by atoms with Crippen LogP contribution in [0.5, 0.6) is 0 Å². The maximum atomic E-state index is 11.5. The minimum Gasteiger partial charge on any atom is -0.393 e. The number of nitrogens with zero attached hydrogens (tertiary/aromatic N) is 1. The molecule has 0 saturated carbocycles. The monoisotopic (exact) mass is 276 g/mol. The number of unbranched alkanes of at least 4 members (excludes halogenated alkanes) is 2. The third kappa shape index (κ3) is 7.69. The van der Waals surface area contributed by atoms with Crippen LogP contribution in [0.3, 0.4) is 0 Å². The fourth-order valence-electron chi connectivity index (χ4n) is 1.85. The van der Waals surface area contributed by atoms with Crippen LogP contribution < -0.4 is 5.43 Å². The zero-order chi connectivity index (χ0) is 14.6. The highest BCUT2D eigenvalue weighted by Gasteiger charge is 2.07. The Morgan fingerprint density at radius 2 is 2.05 bits per heavy atom. The summed E-state index contributed by atoms with van der Waals surface area (Å²) in [5, 5.41) is 13.6. The van der Waals surface area contributed by atoms with Gasteiger partial charge in [0.25, 0.3) is 0 Å². The van der Waals surface area contributed by atoms with Crippen molar-refractivity contribution in [2.24, 2.45) is 5.10 Å². The van der Waals surface area contributed by atoms with E-state index in [-0.39, 0.29) is 12.0 Å². The van der Waals surface area contributed by atoms with Crippen molar-refractivity contribution in [2.45, 2.75) is 51.6 Å². The predicted molar refractivity (Wildman–Crippen MR) is 81.6 cm³/mol. The summed E-state index contributed by atoms with van der Waals surface area (Å²) in [6.07, 6.45) is 6.09. The molecule has 0 bridgehead atoms. The molecule has 0 aromatic heterocycles. The number of aliphatic hydroxyl groups is 1. The number of rotatable bonds is 9. The molecule has 0 aliphatic heterocycles. The summed E-state index contributed by atoms with van der Waals surface area (Å²) in [5.41, 5.74) is 3.41. The third-order valence-electron chi connectivity index (χ3n) is 3.05. The van der Waals surface area contributed by atoms with Gasteiger partial charge in [0.1, 0.15) is 0 Å². The maximum absolute atomic E-state index is 11.5. The number of hydrogen-bond donors (Lipinski definition) is 2. The van der Waals surface area contributed by atoms with Crippen molar-refractivity contribution < 1.29 is 9.90 Å². The topological polar surface area (TPSA) is 61.7 Å². The lowest BCUT2D eigenvalue weighted by atomic mass is 10.1. The van der Waals surface area contributed by atoms with Gasteiger partial charge >= 0.3 is 0 Å². The van der Waals surface area contributed by atoms with Crippen molar-refractivity contribution in [3.8, 4) is 0 Å². The Hall–Kier alpha value is -1.68. The van der Waals surface area contributed by atoms with Gasteiger partial charge < -0.3 is 5.11 Å². The number of benzene rings is 1. The van der Waals surface area contributed by atoms with E-state index < -0.39 is 0 Å². The van der Waals surface area contributed by atoms with E-state index in [0.29, 0.717) is 12.8 Å². The molecule has 1 amide bonds. The number of aliphatic hydroxyl groups excluding tert-OH is 1. The lowest BCUT2D eigenvalue weighted by Gasteiger charge is -2.08. The van der Waals surface area contributed by atoms with Crippen LogP contribution in [0.25, 0.3) is 0 Å². The molecule has 2 N–H and O–H groups in total. The van der Waals surface area contributed by atoms with Crippen LogP contribution in [0, 0.1) is 0 Å². The molecule has 4 nitrogen and oxygen atoms in total. The molecule has 0 saturated heterocycles. The highest BCUT2D eigenvalue weighted by molar-refractivity contribution is 5.82. The second-order valence-corrected chi connectivity index (χ2v) is 4.89. The molecule has 20 heavy (non-hydrogen) atoms. The van der Waals surface area contributed by atoms with Crippen molar-refractivity contribution in [2.75, 3.05) is 0 Å². The van der Waals surface area contributed by atoms with Crippen LogP contribution in [0.2, 0.25) is 0 Å². The van der Waals surface area contributed by atoms with Crippen LogP contribution in [-0.2, 0) is 4.79 Å². The molecule has 0 aliphatic carbocycles. The molecule has 0 spiro atoms. The largest absolute Gasteiger partial charge is 0.393 e. The van der Waals surface area contributed by atoms with Crippen LogP contribution in [0.4, 0.5) is 0 Å². The van der Waals surface area contributed by atoms with E-state index in [1.54, 1.807) is 6.21 Å². The molecule has 1 aromatic rings. The summed E-state index contributed by atoms with van der Waals surface area (Å²) in [5.74, 6) is -0.160. The zero-order valence-corrected chi connectivity index (χ0v) is 12.1. The second kappa shape index (κ2) is 10.1. The normalized spacial score (nSPS) is 12.5. The quantitative estimate of drug-likeness (QED) is 0.414. The predicted octanol–water partition coefficient (Wildman–Crippen LogP) is 2.86. The van der Waals surface area contributed by atoms with E-state index >= 15 is 0 Å². The summed E-state index contributed by atoms with van der Waals surface area (Å²) >= 11 is 0. The summed E-state index contributed by atoms with van der Waals surface area (Å²) in [6, 6.07) is 9.57. The minimum atomic E-state index is -0.384. The van der Waals surface area contributed by atoms with Gasteiger partial charge in [0, 0.05) is 6.42 Å². The first-order valence-electron chi connectivity index (χ1n) is 7.27. The molecular formula is C16H24N2O2. The number of hydrazone groups is 1. The van der Waals surface area contributed by atoms with Gasteiger partial charge in [0.15, 0.2) is 0 Å². The van der Waals surface area contributed by atoms with Crippen LogP contribution in [0.15, 0.2) is 35.4 Å². The average Bonchev–Trinajstić information content (AvgIpc) is 2.46. The van der Waals surface area contributed by atoms with Gasteiger partial charge in [0.2, 0.25) is 5.91 Å². The highest BCUT2D eigenvalue weighted by Crippen LogP contribution is 2.08. The smallest absolute Gasteiger partial charge is 0.240 e. The van der Waals surface area contributed by atoms with E-state index in [1.807, 2.05) is 30.3 Å². The zero-order valence-electron chi connectivity index (χ0n) is 12.1. The lowest BCUT2D eigenvalue weighted by Crippen LogP contribution is -2.19. The Kier molecular flexibility index (Phi) is 8.31. The molecule has 110 valence electrons. The van der Waals surface area contributed by atoms with E-state index in [2.05, 4.69) is 17.5 Å². The Morgan fingerprint density at radius 1 is 1.30 bits per heavy atom. The van der Waals surface area contributed by atoms with E-state index in [9.17, 15) is 9.90 Å². The van der Waals surface area contributed by atoms with Gasteiger partial charge in [-0.25, -0.2) is 5.43 Å². The Morgan fingerprint density at radius 3 is 2.75 bits per heavy atom. The number of nitrogens with one attached hydrogen (secondary N) is 1. The van der Waals surface area contributed by atoms with Crippen molar-refractivity contribution in [1.82, 2.24) is 5.43 Å². The Labute approximate surface area is 120 Å². The minimum absolute atomic E-state index is 0.160. The first kappa shape index (κ1) is 16.4. The van der Waals surface area contributed by atoms with Gasteiger partial charge in [-0.2, -0.15) is 5.10 Å². The number of amides is 1. The fourth-order valence-corrected chi connectivity index (χ4v) is 1.85. The Balaban J connectivity index is 2.15. The summed E-state index contributed by atoms with van der Waals surface area (Å²) in [6.45, 7) is 2.13. The van der Waals surface area contributed by atoms with Crippen molar-refractivity contribution in [3.05, 3.63) is 35.9 Å². The van der Waals surface area contributed by atoms with Crippen molar-refractivity contribution >= 4 is 12.1 Å². The number of carbonyl (C=O) groups is 1. The second-order valence-electron chi connectivity index (χ2n) is 4.89. The summed E-state index contributed by atoms with van der Waals surface area (Å²) < 4.78 is 0. The summed E-state index contributed by atoms with van der Waals surface area (Å²) in [4.78, 5) is 11.5. The van der Waals surface area contributed by atoms with E-state index in [0.717, 1.165) is 31.2 Å². The molecule has 0 fully saturated rings. The van der Waals surface area contributed by atoms with Gasteiger partial charge in [-0.1, -0.05) is 56.5 Å².